The summed E-state index contributed by atoms with van der Waals surface area (Å²) in [5, 5.41) is 13.4. The van der Waals surface area contributed by atoms with Crippen LogP contribution < -0.4 is 21.7 Å². The monoisotopic (exact) mass is 440 g/mol. The topological polar surface area (TPSA) is 147 Å². The number of amidine groups is 1. The fraction of sp³-hybridized carbons (Fsp3) is 0. The van der Waals surface area contributed by atoms with Gasteiger partial charge >= 0.3 is 5.97 Å². The lowest BCUT2D eigenvalue weighted by atomic mass is 10.3. The number of aliphatic imine (C=N–C) groups is 1. The van der Waals surface area contributed by atoms with Gasteiger partial charge in [0, 0.05) is 11.4 Å². The molecule has 152 valence electrons. The van der Waals surface area contributed by atoms with Crippen LogP contribution >= 0.6 is 11.3 Å². The minimum Gasteiger partial charge on any atom is -0.477 e. The summed E-state index contributed by atoms with van der Waals surface area (Å²) in [6.45, 7) is 0. The molecular weight excluding hydrogens is 424 g/mol. The number of carboxylic acids is 1. The Morgan fingerprint density at radius 3 is 2.30 bits per heavy atom. The number of aliphatic carboxylic acids is 1. The normalized spacial score (nSPS) is 15.7. The van der Waals surface area contributed by atoms with E-state index in [0.29, 0.717) is 15.8 Å². The SMILES string of the molecule is NC1=C(C(=O)O)S(=O)C(N(c2ccccc2)c2sc(Nc3ccccc3)nc2N)=N1. The zero-order chi connectivity index (χ0) is 21.3. The first-order chi connectivity index (χ1) is 14.5. The highest BCUT2D eigenvalue weighted by molar-refractivity contribution is 8.05. The molecule has 1 aromatic heterocycles. The number of nitrogens with two attached hydrogens (primary N) is 2. The van der Waals surface area contributed by atoms with Crippen LogP contribution in [0.15, 0.2) is 76.4 Å². The summed E-state index contributed by atoms with van der Waals surface area (Å²) in [7, 11) is -2.09. The summed E-state index contributed by atoms with van der Waals surface area (Å²) in [6, 6.07) is 18.3. The molecule has 0 radical (unpaired) electrons. The largest absolute Gasteiger partial charge is 0.477 e. The Labute approximate surface area is 177 Å². The first-order valence-electron chi connectivity index (χ1n) is 8.62. The Balaban J connectivity index is 1.77. The van der Waals surface area contributed by atoms with Gasteiger partial charge in [-0.2, -0.15) is 0 Å². The Bertz CT molecular complexity index is 1190. The van der Waals surface area contributed by atoms with E-state index in [0.717, 1.165) is 5.69 Å². The average Bonchev–Trinajstić information content (AvgIpc) is 3.22. The number of hydrogen-bond acceptors (Lipinski definition) is 9. The van der Waals surface area contributed by atoms with Crippen molar-refractivity contribution in [2.75, 3.05) is 16.0 Å². The zero-order valence-electron chi connectivity index (χ0n) is 15.4. The number of rotatable bonds is 5. The smallest absolute Gasteiger partial charge is 0.349 e. The number of thiazole rings is 1. The number of hydrogen-bond donors (Lipinski definition) is 4. The summed E-state index contributed by atoms with van der Waals surface area (Å²) >= 11 is 1.21. The van der Waals surface area contributed by atoms with Crippen molar-refractivity contribution in [3.05, 3.63) is 71.4 Å². The average molecular weight is 441 g/mol. The maximum atomic E-state index is 12.9. The second-order valence-corrected chi connectivity index (χ2v) is 8.34. The summed E-state index contributed by atoms with van der Waals surface area (Å²) < 4.78 is 12.9. The number of carbonyl (C=O) groups is 1. The molecule has 2 heterocycles. The first kappa shape index (κ1) is 19.6. The number of nitrogens with zero attached hydrogens (tertiary/aromatic N) is 3. The van der Waals surface area contributed by atoms with Crippen LogP contribution in [0.4, 0.5) is 27.3 Å². The van der Waals surface area contributed by atoms with Crippen molar-refractivity contribution in [1.82, 2.24) is 4.98 Å². The van der Waals surface area contributed by atoms with E-state index in [1.54, 1.807) is 24.3 Å². The molecule has 2 aromatic carbocycles. The third-order valence-electron chi connectivity index (χ3n) is 4.06. The van der Waals surface area contributed by atoms with Crippen molar-refractivity contribution in [2.24, 2.45) is 10.7 Å². The standard InChI is InChI=1S/C19H16N6O3S2/c20-14-13(17(26)27)30(28)19(24-14)25(12-9-5-2-6-10-12)16-15(21)23-18(29-16)22-11-7-3-1-4-8-11/h1-10H,20-21H2,(H,22,23)(H,26,27). The summed E-state index contributed by atoms with van der Waals surface area (Å²) in [6.07, 6.45) is 0. The van der Waals surface area contributed by atoms with E-state index in [9.17, 15) is 14.1 Å². The van der Waals surface area contributed by atoms with Gasteiger partial charge in [0.1, 0.15) is 15.8 Å². The third-order valence-corrected chi connectivity index (χ3v) is 6.39. The van der Waals surface area contributed by atoms with Crippen molar-refractivity contribution >= 4 is 60.6 Å². The van der Waals surface area contributed by atoms with Crippen LogP contribution in [0.25, 0.3) is 0 Å². The van der Waals surface area contributed by atoms with Crippen molar-refractivity contribution in [2.45, 2.75) is 0 Å². The molecule has 11 heteroatoms. The molecule has 1 unspecified atom stereocenters. The molecule has 0 saturated heterocycles. The van der Waals surface area contributed by atoms with E-state index in [2.05, 4.69) is 15.3 Å². The zero-order valence-corrected chi connectivity index (χ0v) is 17.0. The van der Waals surface area contributed by atoms with E-state index in [1.807, 2.05) is 36.4 Å². The molecule has 1 atom stereocenters. The molecule has 1 aliphatic heterocycles. The number of benzene rings is 2. The van der Waals surface area contributed by atoms with Crippen LogP contribution in [0.1, 0.15) is 0 Å². The highest BCUT2D eigenvalue weighted by Gasteiger charge is 2.36. The van der Waals surface area contributed by atoms with Gasteiger partial charge in [0.2, 0.25) is 5.17 Å². The Morgan fingerprint density at radius 1 is 1.07 bits per heavy atom. The Kier molecular flexibility index (Phi) is 5.21. The maximum absolute atomic E-state index is 12.9. The van der Waals surface area contributed by atoms with Crippen molar-refractivity contribution in [3.63, 3.8) is 0 Å². The van der Waals surface area contributed by atoms with E-state index in [-0.39, 0.29) is 16.8 Å². The van der Waals surface area contributed by atoms with Crippen molar-refractivity contribution in [3.8, 4) is 0 Å². The van der Waals surface area contributed by atoms with Crippen LogP contribution in [0, 0.1) is 0 Å². The molecule has 0 amide bonds. The number of anilines is 5. The molecule has 4 rings (SSSR count). The molecule has 6 N–H and O–H groups in total. The molecule has 0 fully saturated rings. The predicted octanol–water partition coefficient (Wildman–Crippen LogP) is 2.94. The minimum absolute atomic E-state index is 0.0438. The minimum atomic E-state index is -2.09. The molecule has 0 bridgehead atoms. The highest BCUT2D eigenvalue weighted by atomic mass is 32.2. The Hall–Kier alpha value is -3.70. The molecule has 3 aromatic rings. The van der Waals surface area contributed by atoms with Gasteiger partial charge in [0.25, 0.3) is 0 Å². The first-order valence-corrected chi connectivity index (χ1v) is 10.6. The van der Waals surface area contributed by atoms with Gasteiger partial charge in [-0.15, -0.1) is 0 Å². The molecule has 30 heavy (non-hydrogen) atoms. The number of aromatic nitrogens is 1. The van der Waals surface area contributed by atoms with Crippen LogP contribution in [0.3, 0.4) is 0 Å². The lowest BCUT2D eigenvalue weighted by molar-refractivity contribution is -0.131. The quantitative estimate of drug-likeness (QED) is 0.473. The number of carboxylic acid groups (broad SMARTS) is 1. The van der Waals surface area contributed by atoms with Crippen LogP contribution in [0.2, 0.25) is 0 Å². The molecule has 1 aliphatic rings. The third kappa shape index (κ3) is 3.63. The van der Waals surface area contributed by atoms with E-state index < -0.39 is 21.7 Å². The van der Waals surface area contributed by atoms with Crippen molar-refractivity contribution in [1.29, 1.82) is 0 Å². The molecule has 0 spiro atoms. The van der Waals surface area contributed by atoms with Gasteiger partial charge in [-0.25, -0.2) is 19.0 Å². The van der Waals surface area contributed by atoms with Crippen LogP contribution in [-0.2, 0) is 15.6 Å². The van der Waals surface area contributed by atoms with E-state index >= 15 is 0 Å². The van der Waals surface area contributed by atoms with Crippen LogP contribution in [-0.4, -0.2) is 25.4 Å². The van der Waals surface area contributed by atoms with Gasteiger partial charge < -0.3 is 21.9 Å². The van der Waals surface area contributed by atoms with Crippen molar-refractivity contribution < 1.29 is 14.1 Å². The molecular formula is C19H16N6O3S2. The fourth-order valence-corrected chi connectivity index (χ4v) is 4.89. The fourth-order valence-electron chi connectivity index (χ4n) is 2.78. The maximum Gasteiger partial charge on any atom is 0.349 e. The number of nitrogens with one attached hydrogen (secondary N) is 1. The summed E-state index contributed by atoms with van der Waals surface area (Å²) in [4.78, 5) is 21.0. The summed E-state index contributed by atoms with van der Waals surface area (Å²) in [5.41, 5.74) is 13.3. The van der Waals surface area contributed by atoms with E-state index in [4.69, 9.17) is 11.5 Å². The number of para-hydroxylation sites is 2. The lowest BCUT2D eigenvalue weighted by Crippen LogP contribution is -2.29. The second kappa shape index (κ2) is 7.97. The van der Waals surface area contributed by atoms with Gasteiger partial charge in [-0.3, -0.25) is 4.90 Å². The summed E-state index contributed by atoms with van der Waals surface area (Å²) in [5.74, 6) is -1.52. The second-order valence-electron chi connectivity index (χ2n) is 6.05. The van der Waals surface area contributed by atoms with Gasteiger partial charge in [0.15, 0.2) is 21.7 Å². The Morgan fingerprint density at radius 2 is 1.70 bits per heavy atom. The molecule has 9 nitrogen and oxygen atoms in total. The number of nitrogen functional groups attached to an aromatic ring is 1. The molecule has 0 saturated carbocycles. The molecule has 0 aliphatic carbocycles. The van der Waals surface area contributed by atoms with Gasteiger partial charge in [-0.1, -0.05) is 47.7 Å². The lowest BCUT2D eigenvalue weighted by Gasteiger charge is -2.22. The van der Waals surface area contributed by atoms with E-state index in [1.165, 1.54) is 16.2 Å². The predicted molar refractivity (Wildman–Crippen MR) is 119 cm³/mol. The van der Waals surface area contributed by atoms with Crippen LogP contribution in [0.5, 0.6) is 0 Å². The van der Waals surface area contributed by atoms with Gasteiger partial charge in [-0.05, 0) is 24.3 Å². The van der Waals surface area contributed by atoms with Gasteiger partial charge in [0.05, 0.1) is 0 Å². The highest BCUT2D eigenvalue weighted by Crippen LogP contribution is 2.41.